The molecule has 0 unspecified atom stereocenters. The van der Waals surface area contributed by atoms with Crippen molar-refractivity contribution in [3.8, 4) is 0 Å². The van der Waals surface area contributed by atoms with E-state index in [1.54, 1.807) is 0 Å². The summed E-state index contributed by atoms with van der Waals surface area (Å²) in [6, 6.07) is 0. The molecule has 0 aromatic rings. The third-order valence-corrected chi connectivity index (χ3v) is 1.92. The van der Waals surface area contributed by atoms with Crippen LogP contribution in [0.5, 0.6) is 0 Å². The predicted octanol–water partition coefficient (Wildman–Crippen LogP) is 1.30. The highest BCUT2D eigenvalue weighted by Gasteiger charge is 2.03. The SMILES string of the molecule is CCCCCC(=O)OCCOCC(=O)OC. The molecule has 0 amide bonds. The molecule has 0 saturated heterocycles. The Balaban J connectivity index is 3.24. The van der Waals surface area contributed by atoms with Crippen molar-refractivity contribution >= 4 is 11.9 Å². The molecule has 0 aromatic carbocycles. The Labute approximate surface area is 96.1 Å². The highest BCUT2D eigenvalue weighted by atomic mass is 16.6. The van der Waals surface area contributed by atoms with E-state index in [0.29, 0.717) is 6.42 Å². The van der Waals surface area contributed by atoms with Crippen molar-refractivity contribution in [3.63, 3.8) is 0 Å². The Morgan fingerprint density at radius 3 is 2.44 bits per heavy atom. The molecule has 5 heteroatoms. The van der Waals surface area contributed by atoms with E-state index in [0.717, 1.165) is 19.3 Å². The van der Waals surface area contributed by atoms with Crippen molar-refractivity contribution in [3.05, 3.63) is 0 Å². The van der Waals surface area contributed by atoms with E-state index in [1.807, 2.05) is 0 Å². The second kappa shape index (κ2) is 10.4. The number of hydrogen-bond acceptors (Lipinski definition) is 5. The van der Waals surface area contributed by atoms with Crippen LogP contribution in [-0.2, 0) is 23.8 Å². The minimum atomic E-state index is -0.436. The van der Waals surface area contributed by atoms with E-state index in [9.17, 15) is 9.59 Å². The van der Waals surface area contributed by atoms with Gasteiger partial charge in [-0.15, -0.1) is 0 Å². The van der Waals surface area contributed by atoms with Crippen LogP contribution in [0.3, 0.4) is 0 Å². The quantitative estimate of drug-likeness (QED) is 0.443. The molecule has 0 rings (SSSR count). The average molecular weight is 232 g/mol. The normalized spacial score (nSPS) is 9.88. The fourth-order valence-electron chi connectivity index (χ4n) is 1.02. The molecule has 0 atom stereocenters. The van der Waals surface area contributed by atoms with Crippen molar-refractivity contribution < 1.29 is 23.8 Å². The molecule has 0 spiro atoms. The predicted molar refractivity (Wildman–Crippen MR) is 57.9 cm³/mol. The smallest absolute Gasteiger partial charge is 0.331 e. The Morgan fingerprint density at radius 1 is 1.06 bits per heavy atom. The van der Waals surface area contributed by atoms with Crippen molar-refractivity contribution in [2.45, 2.75) is 32.6 Å². The number of carbonyl (C=O) groups excluding carboxylic acids is 2. The molecule has 0 aromatic heterocycles. The zero-order chi connectivity index (χ0) is 12.2. The van der Waals surface area contributed by atoms with E-state index < -0.39 is 5.97 Å². The van der Waals surface area contributed by atoms with Gasteiger partial charge in [0.05, 0.1) is 13.7 Å². The van der Waals surface area contributed by atoms with Crippen molar-refractivity contribution in [1.29, 1.82) is 0 Å². The Morgan fingerprint density at radius 2 is 1.81 bits per heavy atom. The van der Waals surface area contributed by atoms with Crippen molar-refractivity contribution in [2.75, 3.05) is 26.9 Å². The molecule has 5 nitrogen and oxygen atoms in total. The number of carbonyl (C=O) groups is 2. The van der Waals surface area contributed by atoms with Gasteiger partial charge in [-0.25, -0.2) is 4.79 Å². The van der Waals surface area contributed by atoms with Crippen LogP contribution in [-0.4, -0.2) is 38.9 Å². The summed E-state index contributed by atoms with van der Waals surface area (Å²) in [7, 11) is 1.29. The highest BCUT2D eigenvalue weighted by Crippen LogP contribution is 2.00. The van der Waals surface area contributed by atoms with Crippen LogP contribution in [0.25, 0.3) is 0 Å². The zero-order valence-electron chi connectivity index (χ0n) is 9.99. The first-order valence-corrected chi connectivity index (χ1v) is 5.50. The van der Waals surface area contributed by atoms with E-state index >= 15 is 0 Å². The van der Waals surface area contributed by atoms with Crippen molar-refractivity contribution in [2.24, 2.45) is 0 Å². The summed E-state index contributed by atoms with van der Waals surface area (Å²) < 4.78 is 14.2. The molecular formula is C11H20O5. The molecule has 0 radical (unpaired) electrons. The van der Waals surface area contributed by atoms with Crippen LogP contribution in [0.15, 0.2) is 0 Å². The van der Waals surface area contributed by atoms with Gasteiger partial charge >= 0.3 is 11.9 Å². The fraction of sp³-hybridized carbons (Fsp3) is 0.818. The number of unbranched alkanes of at least 4 members (excludes halogenated alkanes) is 2. The summed E-state index contributed by atoms with van der Waals surface area (Å²) in [5.41, 5.74) is 0. The van der Waals surface area contributed by atoms with Crippen LogP contribution < -0.4 is 0 Å². The largest absolute Gasteiger partial charge is 0.467 e. The van der Waals surface area contributed by atoms with Gasteiger partial charge in [-0.2, -0.15) is 0 Å². The maximum atomic E-state index is 11.1. The van der Waals surface area contributed by atoms with Crippen LogP contribution in [0.4, 0.5) is 0 Å². The Kier molecular flexibility index (Phi) is 9.70. The van der Waals surface area contributed by atoms with Gasteiger partial charge in [0.15, 0.2) is 0 Å². The molecular weight excluding hydrogens is 212 g/mol. The van der Waals surface area contributed by atoms with Gasteiger partial charge in [0, 0.05) is 6.42 Å². The topological polar surface area (TPSA) is 61.8 Å². The van der Waals surface area contributed by atoms with Gasteiger partial charge in [0.2, 0.25) is 0 Å². The highest BCUT2D eigenvalue weighted by molar-refractivity contribution is 5.70. The van der Waals surface area contributed by atoms with Crippen LogP contribution in [0.2, 0.25) is 0 Å². The number of hydrogen-bond donors (Lipinski definition) is 0. The molecule has 94 valence electrons. The second-order valence-electron chi connectivity index (χ2n) is 3.31. The molecule has 0 aliphatic rings. The minimum Gasteiger partial charge on any atom is -0.467 e. The summed E-state index contributed by atoms with van der Waals surface area (Å²) in [4.78, 5) is 21.7. The lowest BCUT2D eigenvalue weighted by Crippen LogP contribution is -2.15. The fourth-order valence-corrected chi connectivity index (χ4v) is 1.02. The molecule has 0 aliphatic carbocycles. The summed E-state index contributed by atoms with van der Waals surface area (Å²) in [5, 5.41) is 0. The van der Waals surface area contributed by atoms with Gasteiger partial charge in [0.1, 0.15) is 13.2 Å². The lowest BCUT2D eigenvalue weighted by Gasteiger charge is -2.05. The number of methoxy groups -OCH3 is 1. The molecule has 0 saturated carbocycles. The summed E-state index contributed by atoms with van der Waals surface area (Å²) >= 11 is 0. The monoisotopic (exact) mass is 232 g/mol. The van der Waals surface area contributed by atoms with E-state index in [1.165, 1.54) is 7.11 Å². The third kappa shape index (κ3) is 9.45. The zero-order valence-corrected chi connectivity index (χ0v) is 9.99. The third-order valence-electron chi connectivity index (χ3n) is 1.92. The van der Waals surface area contributed by atoms with Gasteiger partial charge in [-0.05, 0) is 6.42 Å². The number of ether oxygens (including phenoxy) is 3. The van der Waals surface area contributed by atoms with Crippen molar-refractivity contribution in [1.82, 2.24) is 0 Å². The summed E-state index contributed by atoms with van der Waals surface area (Å²) in [6.45, 7) is 2.37. The Bertz CT molecular complexity index is 203. The summed E-state index contributed by atoms with van der Waals surface area (Å²) in [5.74, 6) is -0.649. The Hall–Kier alpha value is -1.10. The molecule has 16 heavy (non-hydrogen) atoms. The molecule has 0 N–H and O–H groups in total. The maximum Gasteiger partial charge on any atom is 0.331 e. The maximum absolute atomic E-state index is 11.1. The number of rotatable bonds is 9. The lowest BCUT2D eigenvalue weighted by atomic mass is 10.2. The molecule has 0 heterocycles. The summed E-state index contributed by atoms with van der Waals surface area (Å²) in [6.07, 6.45) is 3.42. The van der Waals surface area contributed by atoms with E-state index in [4.69, 9.17) is 9.47 Å². The van der Waals surface area contributed by atoms with Crippen LogP contribution in [0.1, 0.15) is 32.6 Å². The van der Waals surface area contributed by atoms with Gasteiger partial charge in [-0.1, -0.05) is 19.8 Å². The van der Waals surface area contributed by atoms with E-state index in [-0.39, 0.29) is 25.8 Å². The van der Waals surface area contributed by atoms with Crippen LogP contribution in [0, 0.1) is 0 Å². The molecule has 0 fully saturated rings. The van der Waals surface area contributed by atoms with E-state index in [2.05, 4.69) is 11.7 Å². The first-order valence-electron chi connectivity index (χ1n) is 5.50. The van der Waals surface area contributed by atoms with Gasteiger partial charge in [-0.3, -0.25) is 4.79 Å². The number of esters is 2. The van der Waals surface area contributed by atoms with Crippen LogP contribution >= 0.6 is 0 Å². The lowest BCUT2D eigenvalue weighted by molar-refractivity contribution is -0.149. The minimum absolute atomic E-state index is 0.107. The molecule has 0 aliphatic heterocycles. The molecule has 0 bridgehead atoms. The average Bonchev–Trinajstić information content (AvgIpc) is 2.28. The second-order valence-corrected chi connectivity index (χ2v) is 3.31. The standard InChI is InChI=1S/C11H20O5/c1-3-4-5-6-10(12)16-8-7-15-9-11(13)14-2/h3-9H2,1-2H3. The van der Waals surface area contributed by atoms with Gasteiger partial charge < -0.3 is 14.2 Å². The first kappa shape index (κ1) is 14.9. The van der Waals surface area contributed by atoms with Gasteiger partial charge in [0.25, 0.3) is 0 Å². The first-order chi connectivity index (χ1) is 7.70.